The first-order chi connectivity index (χ1) is 12.1. The molecule has 0 fully saturated rings. The van der Waals surface area contributed by atoms with Crippen LogP contribution in [0.25, 0.3) is 0 Å². The third-order valence-electron chi connectivity index (χ3n) is 4.96. The fraction of sp³-hybridized carbons (Fsp3) is 0.389. The number of quaternary nitrogens is 1. The lowest BCUT2D eigenvalue weighted by Gasteiger charge is -2.33. The van der Waals surface area contributed by atoms with E-state index < -0.39 is 0 Å². The summed E-state index contributed by atoms with van der Waals surface area (Å²) in [5.41, 5.74) is 2.22. The van der Waals surface area contributed by atoms with E-state index in [9.17, 15) is 4.79 Å². The first-order valence-corrected chi connectivity index (χ1v) is 9.86. The van der Waals surface area contributed by atoms with Crippen molar-refractivity contribution in [3.63, 3.8) is 0 Å². The SMILES string of the molecule is COc1c2c(c(Br)c3c1[C@@H](CC(=O)c1cccs1)[NH+](C)CC3)OCO2. The van der Waals surface area contributed by atoms with Crippen LogP contribution in [0.1, 0.15) is 33.3 Å². The standard InChI is InChI=1S/C18H18BrNO4S/c1-20-6-5-10-14(11(20)8-12(21)13-4-3-7-25-13)16(22-2)18-17(15(10)19)23-9-24-18/h3-4,7,11H,5-6,8-9H2,1-2H3/p+1/t11-/m1/s1. The molecule has 0 bridgehead atoms. The summed E-state index contributed by atoms with van der Waals surface area (Å²) < 4.78 is 17.9. The molecule has 0 saturated carbocycles. The summed E-state index contributed by atoms with van der Waals surface area (Å²) in [5, 5.41) is 1.94. The van der Waals surface area contributed by atoms with Gasteiger partial charge in [-0.2, -0.15) is 0 Å². The Hall–Kier alpha value is -1.57. The molecule has 7 heteroatoms. The molecule has 1 unspecified atom stereocenters. The van der Waals surface area contributed by atoms with Gasteiger partial charge in [0, 0.05) is 6.42 Å². The second-order valence-corrected chi connectivity index (χ2v) is 8.05. The van der Waals surface area contributed by atoms with E-state index in [0.717, 1.165) is 33.4 Å². The van der Waals surface area contributed by atoms with Crippen LogP contribution in [0.3, 0.4) is 0 Å². The number of halogens is 1. The van der Waals surface area contributed by atoms with E-state index in [2.05, 4.69) is 23.0 Å². The molecule has 0 amide bonds. The van der Waals surface area contributed by atoms with Gasteiger partial charge in [-0.15, -0.1) is 11.3 Å². The summed E-state index contributed by atoms with van der Waals surface area (Å²) in [6.45, 7) is 1.14. The lowest BCUT2D eigenvalue weighted by molar-refractivity contribution is -0.913. The van der Waals surface area contributed by atoms with Gasteiger partial charge in [0.1, 0.15) is 6.04 Å². The molecule has 1 aromatic heterocycles. The Kier molecular flexibility index (Phi) is 4.47. The largest absolute Gasteiger partial charge is 0.492 e. The van der Waals surface area contributed by atoms with Crippen molar-refractivity contribution in [2.45, 2.75) is 18.9 Å². The average Bonchev–Trinajstić information content (AvgIpc) is 3.29. The zero-order valence-electron chi connectivity index (χ0n) is 14.1. The third-order valence-corrected chi connectivity index (χ3v) is 6.70. The van der Waals surface area contributed by atoms with Crippen molar-refractivity contribution in [1.82, 2.24) is 0 Å². The average molecular weight is 425 g/mol. The molecule has 25 heavy (non-hydrogen) atoms. The molecule has 0 saturated heterocycles. The highest BCUT2D eigenvalue weighted by Crippen LogP contribution is 2.52. The Morgan fingerprint density at radius 1 is 1.44 bits per heavy atom. The van der Waals surface area contributed by atoms with E-state index in [1.165, 1.54) is 16.2 Å². The molecular formula is C18H19BrNO4S+. The van der Waals surface area contributed by atoms with Crippen LogP contribution in [0, 0.1) is 0 Å². The number of methoxy groups -OCH3 is 1. The molecule has 1 N–H and O–H groups in total. The van der Waals surface area contributed by atoms with E-state index in [0.29, 0.717) is 23.7 Å². The molecule has 2 aromatic rings. The fourth-order valence-corrected chi connectivity index (χ4v) is 5.06. The topological polar surface area (TPSA) is 49.2 Å². The maximum Gasteiger partial charge on any atom is 0.231 e. The second-order valence-electron chi connectivity index (χ2n) is 6.31. The smallest absolute Gasteiger partial charge is 0.231 e. The summed E-state index contributed by atoms with van der Waals surface area (Å²) in [4.78, 5) is 14.8. The van der Waals surface area contributed by atoms with E-state index in [4.69, 9.17) is 14.2 Å². The number of likely N-dealkylation sites (N-methyl/N-ethyl adjacent to an activating group) is 1. The van der Waals surface area contributed by atoms with Crippen LogP contribution in [0.15, 0.2) is 22.0 Å². The number of thiophene rings is 1. The number of carbonyl (C=O) groups excluding carboxylic acids is 1. The Bertz CT molecular complexity index is 821. The Balaban J connectivity index is 1.80. The summed E-state index contributed by atoms with van der Waals surface area (Å²) in [6, 6.07) is 3.83. The van der Waals surface area contributed by atoms with Gasteiger partial charge in [-0.1, -0.05) is 6.07 Å². The molecule has 2 aliphatic rings. The zero-order chi connectivity index (χ0) is 17.6. The van der Waals surface area contributed by atoms with Gasteiger partial charge in [0.2, 0.25) is 12.5 Å². The van der Waals surface area contributed by atoms with Gasteiger partial charge in [0.15, 0.2) is 17.3 Å². The number of carbonyl (C=O) groups is 1. The molecule has 2 aliphatic heterocycles. The van der Waals surface area contributed by atoms with Crippen molar-refractivity contribution in [2.75, 3.05) is 27.5 Å². The van der Waals surface area contributed by atoms with Gasteiger partial charge in [0.05, 0.1) is 42.0 Å². The van der Waals surface area contributed by atoms with Gasteiger partial charge in [-0.05, 0) is 32.9 Å². The molecule has 4 rings (SSSR count). The second kappa shape index (κ2) is 6.63. The van der Waals surface area contributed by atoms with E-state index in [1.807, 2.05) is 17.5 Å². The van der Waals surface area contributed by atoms with E-state index in [-0.39, 0.29) is 18.6 Å². The van der Waals surface area contributed by atoms with Crippen LogP contribution < -0.4 is 19.1 Å². The molecule has 2 atom stereocenters. The van der Waals surface area contributed by atoms with Gasteiger partial charge in [-0.3, -0.25) is 4.79 Å². The van der Waals surface area contributed by atoms with Crippen LogP contribution in [0.2, 0.25) is 0 Å². The number of nitrogens with one attached hydrogen (secondary N) is 1. The van der Waals surface area contributed by atoms with Crippen molar-refractivity contribution in [3.8, 4) is 17.2 Å². The summed E-state index contributed by atoms with van der Waals surface area (Å²) >= 11 is 5.17. The maximum atomic E-state index is 12.7. The molecule has 0 aliphatic carbocycles. The lowest BCUT2D eigenvalue weighted by Crippen LogP contribution is -3.10. The van der Waals surface area contributed by atoms with Crippen molar-refractivity contribution in [2.24, 2.45) is 0 Å². The van der Waals surface area contributed by atoms with Crippen LogP contribution in [0.5, 0.6) is 17.2 Å². The van der Waals surface area contributed by atoms with E-state index >= 15 is 0 Å². The van der Waals surface area contributed by atoms with Crippen molar-refractivity contribution in [1.29, 1.82) is 0 Å². The minimum Gasteiger partial charge on any atom is -0.492 e. The van der Waals surface area contributed by atoms with Crippen LogP contribution >= 0.6 is 27.3 Å². The Morgan fingerprint density at radius 3 is 2.96 bits per heavy atom. The number of rotatable bonds is 4. The third kappa shape index (κ3) is 2.74. The normalized spacial score (nSPS) is 21.1. The zero-order valence-corrected chi connectivity index (χ0v) is 16.5. The highest BCUT2D eigenvalue weighted by Gasteiger charge is 2.39. The summed E-state index contributed by atoms with van der Waals surface area (Å²) in [6.07, 6.45) is 1.35. The van der Waals surface area contributed by atoms with Crippen LogP contribution in [-0.2, 0) is 6.42 Å². The van der Waals surface area contributed by atoms with E-state index in [1.54, 1.807) is 7.11 Å². The van der Waals surface area contributed by atoms with Gasteiger partial charge in [-0.25, -0.2) is 0 Å². The lowest BCUT2D eigenvalue weighted by atomic mass is 9.88. The quantitative estimate of drug-likeness (QED) is 0.766. The number of fused-ring (bicyclic) bond motifs is 2. The predicted octanol–water partition coefficient (Wildman–Crippen LogP) is 2.63. The van der Waals surface area contributed by atoms with Crippen LogP contribution in [-0.4, -0.2) is 33.3 Å². The number of hydrogen-bond donors (Lipinski definition) is 1. The fourth-order valence-electron chi connectivity index (χ4n) is 3.68. The van der Waals surface area contributed by atoms with Crippen LogP contribution in [0.4, 0.5) is 0 Å². The highest BCUT2D eigenvalue weighted by atomic mass is 79.9. The molecular weight excluding hydrogens is 406 g/mol. The monoisotopic (exact) mass is 424 g/mol. The molecule has 3 heterocycles. The number of ether oxygens (including phenoxy) is 3. The number of benzene rings is 1. The number of hydrogen-bond acceptors (Lipinski definition) is 5. The predicted molar refractivity (Wildman–Crippen MR) is 98.3 cm³/mol. The first kappa shape index (κ1) is 16.9. The molecule has 132 valence electrons. The number of Topliss-reactive ketones (excluding diaryl/α,β-unsaturated/α-hetero) is 1. The van der Waals surface area contributed by atoms with Crippen molar-refractivity contribution >= 4 is 33.0 Å². The number of ketones is 1. The summed E-state index contributed by atoms with van der Waals surface area (Å²) in [7, 11) is 3.78. The first-order valence-electron chi connectivity index (χ1n) is 8.18. The van der Waals surface area contributed by atoms with Crippen molar-refractivity contribution < 1.29 is 23.9 Å². The molecule has 0 radical (unpaired) electrons. The minimum atomic E-state index is 0.0269. The minimum absolute atomic E-state index is 0.0269. The Labute approximate surface area is 158 Å². The maximum absolute atomic E-state index is 12.7. The van der Waals surface area contributed by atoms with Gasteiger partial charge >= 0.3 is 0 Å². The Morgan fingerprint density at radius 2 is 2.24 bits per heavy atom. The van der Waals surface area contributed by atoms with Crippen molar-refractivity contribution in [3.05, 3.63) is 38.0 Å². The molecule has 1 aromatic carbocycles. The summed E-state index contributed by atoms with van der Waals surface area (Å²) in [5.74, 6) is 2.21. The van der Waals surface area contributed by atoms with Gasteiger partial charge in [0.25, 0.3) is 0 Å². The highest BCUT2D eigenvalue weighted by molar-refractivity contribution is 9.10. The van der Waals surface area contributed by atoms with Gasteiger partial charge < -0.3 is 19.1 Å². The molecule has 5 nitrogen and oxygen atoms in total. The molecule has 0 spiro atoms.